The van der Waals surface area contributed by atoms with E-state index in [0.717, 1.165) is 0 Å². The summed E-state index contributed by atoms with van der Waals surface area (Å²) in [4.78, 5) is 26.4. The van der Waals surface area contributed by atoms with Crippen molar-refractivity contribution in [2.45, 2.75) is 31.1 Å². The van der Waals surface area contributed by atoms with E-state index in [4.69, 9.17) is 11.6 Å². The van der Waals surface area contributed by atoms with Gasteiger partial charge >= 0.3 is 0 Å². The number of nitrogens with one attached hydrogen (secondary N) is 2. The number of anilines is 1. The van der Waals surface area contributed by atoms with Gasteiger partial charge in [-0.1, -0.05) is 11.6 Å². The number of aliphatic hydroxyl groups is 2. The largest absolute Gasteiger partial charge is 0.389 e. The fraction of sp³-hybridized carbons (Fsp3) is 0.529. The van der Waals surface area contributed by atoms with Crippen LogP contribution in [0.2, 0.25) is 5.02 Å². The third-order valence-electron chi connectivity index (χ3n) is 4.91. The molecule has 0 spiro atoms. The van der Waals surface area contributed by atoms with Crippen LogP contribution in [0, 0.1) is 11.7 Å². The van der Waals surface area contributed by atoms with Gasteiger partial charge in [0.2, 0.25) is 11.8 Å². The SMILES string of the molecule is O=C(Nc1ccc(F)c(Cl)c1)C1CCN(C(=O)[C@@H]2NC[C@@H](O)[C@H]2O)CC1. The molecule has 2 aliphatic heterocycles. The molecule has 2 fully saturated rings. The molecule has 2 saturated heterocycles. The molecule has 3 atom stereocenters. The first-order chi connectivity index (χ1) is 12.4. The van der Waals surface area contributed by atoms with E-state index in [1.165, 1.54) is 18.2 Å². The Kier molecular flexibility index (Phi) is 5.76. The van der Waals surface area contributed by atoms with Crippen LogP contribution >= 0.6 is 11.6 Å². The van der Waals surface area contributed by atoms with E-state index in [0.29, 0.717) is 31.6 Å². The molecule has 0 radical (unpaired) electrons. The molecule has 1 aromatic carbocycles. The smallest absolute Gasteiger partial charge is 0.242 e. The Balaban J connectivity index is 1.52. The first-order valence-corrected chi connectivity index (χ1v) is 8.89. The third kappa shape index (κ3) is 3.98. The normalized spacial score (nSPS) is 26.8. The van der Waals surface area contributed by atoms with Crippen LogP contribution in [-0.4, -0.2) is 64.8 Å². The molecule has 26 heavy (non-hydrogen) atoms. The maximum absolute atomic E-state index is 13.2. The van der Waals surface area contributed by atoms with Crippen LogP contribution in [0.5, 0.6) is 0 Å². The molecule has 2 amide bonds. The molecule has 1 aromatic rings. The predicted molar refractivity (Wildman–Crippen MR) is 93.1 cm³/mol. The third-order valence-corrected chi connectivity index (χ3v) is 5.20. The van der Waals surface area contributed by atoms with Crippen LogP contribution in [-0.2, 0) is 9.59 Å². The minimum absolute atomic E-state index is 0.0620. The number of nitrogens with zero attached hydrogens (tertiary/aromatic N) is 1. The van der Waals surface area contributed by atoms with Gasteiger partial charge in [-0.25, -0.2) is 4.39 Å². The summed E-state index contributed by atoms with van der Waals surface area (Å²) in [6.45, 7) is 0.959. The number of amides is 2. The number of rotatable bonds is 3. The van der Waals surface area contributed by atoms with Crippen LogP contribution < -0.4 is 10.6 Å². The molecule has 142 valence electrons. The van der Waals surface area contributed by atoms with Crippen molar-refractivity contribution >= 4 is 29.1 Å². The maximum atomic E-state index is 13.2. The van der Waals surface area contributed by atoms with Crippen molar-refractivity contribution in [2.75, 3.05) is 25.0 Å². The first-order valence-electron chi connectivity index (χ1n) is 8.51. The second-order valence-electron chi connectivity index (χ2n) is 6.66. The van der Waals surface area contributed by atoms with Crippen LogP contribution in [0.3, 0.4) is 0 Å². The number of likely N-dealkylation sites (tertiary alicyclic amines) is 1. The van der Waals surface area contributed by atoms with E-state index < -0.39 is 24.1 Å². The van der Waals surface area contributed by atoms with Gasteiger partial charge in [0.15, 0.2) is 0 Å². The molecule has 0 unspecified atom stereocenters. The molecule has 9 heteroatoms. The number of carbonyl (C=O) groups excluding carboxylic acids is 2. The Morgan fingerprint density at radius 1 is 1.27 bits per heavy atom. The number of hydrogen-bond acceptors (Lipinski definition) is 5. The zero-order valence-electron chi connectivity index (χ0n) is 14.0. The highest BCUT2D eigenvalue weighted by Crippen LogP contribution is 2.23. The van der Waals surface area contributed by atoms with Crippen LogP contribution in [0.1, 0.15) is 12.8 Å². The monoisotopic (exact) mass is 385 g/mol. The van der Waals surface area contributed by atoms with Crippen LogP contribution in [0.15, 0.2) is 18.2 Å². The lowest BCUT2D eigenvalue weighted by molar-refractivity contribution is -0.138. The first kappa shape index (κ1) is 19.0. The zero-order valence-corrected chi connectivity index (χ0v) is 14.7. The van der Waals surface area contributed by atoms with Crippen molar-refractivity contribution in [3.8, 4) is 0 Å². The molecule has 4 N–H and O–H groups in total. The van der Waals surface area contributed by atoms with Gasteiger partial charge < -0.3 is 25.7 Å². The molecule has 0 saturated carbocycles. The molecule has 3 rings (SSSR count). The van der Waals surface area contributed by atoms with E-state index in [1.54, 1.807) is 4.90 Å². The van der Waals surface area contributed by atoms with Gasteiger partial charge in [0.05, 0.1) is 11.1 Å². The second kappa shape index (κ2) is 7.87. The fourth-order valence-electron chi connectivity index (χ4n) is 3.32. The molecule has 0 aliphatic carbocycles. The van der Waals surface area contributed by atoms with Crippen LogP contribution in [0.4, 0.5) is 10.1 Å². The topological polar surface area (TPSA) is 102 Å². The highest BCUT2D eigenvalue weighted by atomic mass is 35.5. The van der Waals surface area contributed by atoms with Crippen molar-refractivity contribution < 1.29 is 24.2 Å². The van der Waals surface area contributed by atoms with Crippen molar-refractivity contribution in [3.63, 3.8) is 0 Å². The minimum Gasteiger partial charge on any atom is -0.389 e. The lowest BCUT2D eigenvalue weighted by Gasteiger charge is -2.33. The minimum atomic E-state index is -1.12. The Hall–Kier alpha value is -1.74. The van der Waals surface area contributed by atoms with Gasteiger partial charge in [-0.3, -0.25) is 9.59 Å². The van der Waals surface area contributed by atoms with E-state index in [1.807, 2.05) is 0 Å². The summed E-state index contributed by atoms with van der Waals surface area (Å²) in [5.41, 5.74) is 0.423. The zero-order chi connectivity index (χ0) is 18.8. The average Bonchev–Trinajstić information content (AvgIpc) is 2.97. The Labute approximate surface area is 155 Å². The maximum Gasteiger partial charge on any atom is 0.242 e. The van der Waals surface area contributed by atoms with Crippen molar-refractivity contribution in [3.05, 3.63) is 29.0 Å². The van der Waals surface area contributed by atoms with Gasteiger partial charge in [0.25, 0.3) is 0 Å². The van der Waals surface area contributed by atoms with E-state index >= 15 is 0 Å². The number of halogens is 2. The van der Waals surface area contributed by atoms with Crippen LogP contribution in [0.25, 0.3) is 0 Å². The van der Waals surface area contributed by atoms with Gasteiger partial charge in [0, 0.05) is 31.2 Å². The van der Waals surface area contributed by atoms with Crippen molar-refractivity contribution in [2.24, 2.45) is 5.92 Å². The Bertz CT molecular complexity index is 697. The lowest BCUT2D eigenvalue weighted by atomic mass is 9.95. The number of carbonyl (C=O) groups is 2. The summed E-state index contributed by atoms with van der Waals surface area (Å²) in [5.74, 6) is -1.29. The molecule has 2 heterocycles. The van der Waals surface area contributed by atoms with Gasteiger partial charge in [-0.2, -0.15) is 0 Å². The van der Waals surface area contributed by atoms with E-state index in [9.17, 15) is 24.2 Å². The molecule has 0 bridgehead atoms. The molecule has 0 aromatic heterocycles. The number of piperidine rings is 1. The Morgan fingerprint density at radius 2 is 1.96 bits per heavy atom. The quantitative estimate of drug-likeness (QED) is 0.601. The van der Waals surface area contributed by atoms with Gasteiger partial charge in [0.1, 0.15) is 18.0 Å². The summed E-state index contributed by atoms with van der Waals surface area (Å²) in [7, 11) is 0. The summed E-state index contributed by atoms with van der Waals surface area (Å²) in [5, 5.41) is 24.8. The van der Waals surface area contributed by atoms with E-state index in [2.05, 4.69) is 10.6 Å². The molecule has 7 nitrogen and oxygen atoms in total. The number of benzene rings is 1. The fourth-order valence-corrected chi connectivity index (χ4v) is 3.50. The summed E-state index contributed by atoms with van der Waals surface area (Å²) < 4.78 is 13.2. The highest BCUT2D eigenvalue weighted by Gasteiger charge is 2.40. The Morgan fingerprint density at radius 3 is 2.54 bits per heavy atom. The molecular formula is C17H21ClFN3O4. The van der Waals surface area contributed by atoms with Crippen molar-refractivity contribution in [1.29, 1.82) is 0 Å². The molecule has 2 aliphatic rings. The second-order valence-corrected chi connectivity index (χ2v) is 7.07. The highest BCUT2D eigenvalue weighted by molar-refractivity contribution is 6.31. The summed E-state index contributed by atoms with van der Waals surface area (Å²) in [6.07, 6.45) is -1.10. The van der Waals surface area contributed by atoms with Gasteiger partial charge in [-0.05, 0) is 31.0 Å². The number of hydrogen-bond donors (Lipinski definition) is 4. The lowest BCUT2D eigenvalue weighted by Crippen LogP contribution is -2.51. The standard InChI is InChI=1S/C17H21ClFN3O4/c18-11-7-10(1-2-12(11)19)21-16(25)9-3-5-22(6-4-9)17(26)14-15(24)13(23)8-20-14/h1-2,7,9,13-15,20,23-24H,3-6,8H2,(H,21,25)/t13-,14-,15-/m1/s1. The average molecular weight is 386 g/mol. The van der Waals surface area contributed by atoms with Gasteiger partial charge in [-0.15, -0.1) is 0 Å². The van der Waals surface area contributed by atoms with E-state index in [-0.39, 0.29) is 29.3 Å². The number of aliphatic hydroxyl groups excluding tert-OH is 2. The van der Waals surface area contributed by atoms with Crippen molar-refractivity contribution in [1.82, 2.24) is 10.2 Å². The molecular weight excluding hydrogens is 365 g/mol. The summed E-state index contributed by atoms with van der Waals surface area (Å²) in [6, 6.07) is 3.17. The number of β-amino-alcohol motifs (C(OH)–C–C–N with tert-alkyl or cyclic N) is 1. The predicted octanol–water partition coefficient (Wildman–Crippen LogP) is 0.350. The summed E-state index contributed by atoms with van der Waals surface area (Å²) >= 11 is 5.71.